The molecule has 1 saturated heterocycles. The van der Waals surface area contributed by atoms with Crippen molar-refractivity contribution in [2.45, 2.75) is 19.3 Å². The van der Waals surface area contributed by atoms with Crippen LogP contribution in [0, 0.1) is 0 Å². The van der Waals surface area contributed by atoms with Crippen molar-refractivity contribution in [2.24, 2.45) is 0 Å². The molecule has 1 aromatic heterocycles. The SMILES string of the molecule is COc1cnc(NCCCN2CCCC2)nc1. The predicted octanol–water partition coefficient (Wildman–Crippen LogP) is 1.38. The number of nitrogens with zero attached hydrogens (tertiary/aromatic N) is 3. The van der Waals surface area contributed by atoms with Crippen LogP contribution in [0.2, 0.25) is 0 Å². The second-order valence-electron chi connectivity index (χ2n) is 4.28. The highest BCUT2D eigenvalue weighted by molar-refractivity contribution is 5.26. The summed E-state index contributed by atoms with van der Waals surface area (Å²) in [5.74, 6) is 1.36. The van der Waals surface area contributed by atoms with E-state index in [9.17, 15) is 0 Å². The van der Waals surface area contributed by atoms with Crippen LogP contribution in [-0.4, -0.2) is 48.2 Å². The molecule has 2 rings (SSSR count). The van der Waals surface area contributed by atoms with E-state index in [1.54, 1.807) is 19.5 Å². The molecule has 0 atom stereocenters. The quantitative estimate of drug-likeness (QED) is 0.756. The van der Waals surface area contributed by atoms with Crippen LogP contribution in [-0.2, 0) is 0 Å². The Morgan fingerprint density at radius 1 is 1.29 bits per heavy atom. The fourth-order valence-electron chi connectivity index (χ4n) is 2.02. The molecule has 0 radical (unpaired) electrons. The van der Waals surface area contributed by atoms with Gasteiger partial charge in [-0.1, -0.05) is 0 Å². The maximum Gasteiger partial charge on any atom is 0.222 e. The number of methoxy groups -OCH3 is 1. The maximum absolute atomic E-state index is 5.00. The summed E-state index contributed by atoms with van der Waals surface area (Å²) in [6.45, 7) is 4.62. The first-order chi connectivity index (χ1) is 8.38. The van der Waals surface area contributed by atoms with Gasteiger partial charge < -0.3 is 15.0 Å². The Morgan fingerprint density at radius 2 is 2.00 bits per heavy atom. The molecule has 0 aromatic carbocycles. The second-order valence-corrected chi connectivity index (χ2v) is 4.28. The summed E-state index contributed by atoms with van der Waals surface area (Å²) in [5.41, 5.74) is 0. The molecule has 2 heterocycles. The molecule has 0 bridgehead atoms. The van der Waals surface area contributed by atoms with Crippen LogP contribution in [0.5, 0.6) is 5.75 Å². The van der Waals surface area contributed by atoms with Gasteiger partial charge in [0.15, 0.2) is 5.75 Å². The van der Waals surface area contributed by atoms with Crippen molar-refractivity contribution in [1.82, 2.24) is 14.9 Å². The van der Waals surface area contributed by atoms with Crippen molar-refractivity contribution in [1.29, 1.82) is 0 Å². The van der Waals surface area contributed by atoms with Gasteiger partial charge in [-0.25, -0.2) is 9.97 Å². The van der Waals surface area contributed by atoms with Crippen molar-refractivity contribution in [3.63, 3.8) is 0 Å². The molecule has 5 nitrogen and oxygen atoms in total. The predicted molar refractivity (Wildman–Crippen MR) is 67.4 cm³/mol. The van der Waals surface area contributed by atoms with Gasteiger partial charge in [0, 0.05) is 6.54 Å². The molecule has 0 saturated carbocycles. The molecule has 94 valence electrons. The third-order valence-corrected chi connectivity index (χ3v) is 3.00. The van der Waals surface area contributed by atoms with Gasteiger partial charge in [0.05, 0.1) is 19.5 Å². The minimum absolute atomic E-state index is 0.673. The summed E-state index contributed by atoms with van der Waals surface area (Å²) in [7, 11) is 1.61. The van der Waals surface area contributed by atoms with E-state index in [1.165, 1.54) is 32.5 Å². The monoisotopic (exact) mass is 236 g/mol. The Kier molecular flexibility index (Phi) is 4.55. The van der Waals surface area contributed by atoms with Crippen molar-refractivity contribution >= 4 is 5.95 Å². The van der Waals surface area contributed by atoms with Gasteiger partial charge in [-0.15, -0.1) is 0 Å². The van der Waals surface area contributed by atoms with Crippen molar-refractivity contribution in [3.05, 3.63) is 12.4 Å². The molecule has 1 N–H and O–H groups in total. The smallest absolute Gasteiger partial charge is 0.222 e. The Balaban J connectivity index is 1.63. The Hall–Kier alpha value is -1.36. The summed E-state index contributed by atoms with van der Waals surface area (Å²) >= 11 is 0. The van der Waals surface area contributed by atoms with Gasteiger partial charge in [0.1, 0.15) is 0 Å². The summed E-state index contributed by atoms with van der Waals surface area (Å²) < 4.78 is 5.00. The number of hydrogen-bond acceptors (Lipinski definition) is 5. The number of likely N-dealkylation sites (tertiary alicyclic amines) is 1. The zero-order valence-electron chi connectivity index (χ0n) is 10.4. The van der Waals surface area contributed by atoms with E-state index in [-0.39, 0.29) is 0 Å². The molecule has 1 fully saturated rings. The van der Waals surface area contributed by atoms with E-state index in [0.717, 1.165) is 13.0 Å². The van der Waals surface area contributed by atoms with Gasteiger partial charge in [0.25, 0.3) is 0 Å². The number of hydrogen-bond donors (Lipinski definition) is 1. The van der Waals surface area contributed by atoms with Gasteiger partial charge in [-0.3, -0.25) is 0 Å². The lowest BCUT2D eigenvalue weighted by Crippen LogP contribution is -2.22. The third kappa shape index (κ3) is 3.85. The maximum atomic E-state index is 5.00. The fourth-order valence-corrected chi connectivity index (χ4v) is 2.02. The number of anilines is 1. The first-order valence-electron chi connectivity index (χ1n) is 6.21. The highest BCUT2D eigenvalue weighted by Crippen LogP contribution is 2.08. The second kappa shape index (κ2) is 6.39. The average Bonchev–Trinajstić information content (AvgIpc) is 2.88. The van der Waals surface area contributed by atoms with Gasteiger partial charge >= 0.3 is 0 Å². The van der Waals surface area contributed by atoms with Crippen molar-refractivity contribution < 1.29 is 4.74 Å². The lowest BCUT2D eigenvalue weighted by molar-refractivity contribution is 0.337. The van der Waals surface area contributed by atoms with Crippen LogP contribution in [0.4, 0.5) is 5.95 Å². The molecular weight excluding hydrogens is 216 g/mol. The number of nitrogens with one attached hydrogen (secondary N) is 1. The van der Waals surface area contributed by atoms with Crippen molar-refractivity contribution in [3.8, 4) is 5.75 Å². The van der Waals surface area contributed by atoms with Crippen LogP contribution in [0.1, 0.15) is 19.3 Å². The lowest BCUT2D eigenvalue weighted by Gasteiger charge is -2.14. The van der Waals surface area contributed by atoms with E-state index in [2.05, 4.69) is 20.2 Å². The normalized spacial score (nSPS) is 16.1. The minimum Gasteiger partial charge on any atom is -0.494 e. The van der Waals surface area contributed by atoms with Gasteiger partial charge in [-0.2, -0.15) is 0 Å². The third-order valence-electron chi connectivity index (χ3n) is 3.00. The summed E-state index contributed by atoms with van der Waals surface area (Å²) in [6, 6.07) is 0. The summed E-state index contributed by atoms with van der Waals surface area (Å²) in [6.07, 6.45) is 7.20. The molecule has 0 amide bonds. The zero-order valence-corrected chi connectivity index (χ0v) is 10.4. The molecule has 5 heteroatoms. The van der Waals surface area contributed by atoms with Crippen LogP contribution in [0.15, 0.2) is 12.4 Å². The summed E-state index contributed by atoms with van der Waals surface area (Å²) in [4.78, 5) is 10.8. The van der Waals surface area contributed by atoms with Gasteiger partial charge in [0.2, 0.25) is 5.95 Å². The number of aromatic nitrogens is 2. The van der Waals surface area contributed by atoms with E-state index in [1.807, 2.05) is 0 Å². The van der Waals surface area contributed by atoms with Crippen LogP contribution >= 0.6 is 0 Å². The largest absolute Gasteiger partial charge is 0.494 e. The van der Waals surface area contributed by atoms with Crippen LogP contribution in [0.25, 0.3) is 0 Å². The standard InChI is InChI=1S/C12H20N4O/c1-17-11-9-14-12(15-10-11)13-5-4-8-16-6-2-3-7-16/h9-10H,2-8H2,1H3,(H,13,14,15). The molecule has 17 heavy (non-hydrogen) atoms. The zero-order chi connectivity index (χ0) is 11.9. The molecular formula is C12H20N4O. The average molecular weight is 236 g/mol. The highest BCUT2D eigenvalue weighted by atomic mass is 16.5. The van der Waals surface area contributed by atoms with Gasteiger partial charge in [-0.05, 0) is 38.9 Å². The number of ether oxygens (including phenoxy) is 1. The lowest BCUT2D eigenvalue weighted by atomic mass is 10.4. The van der Waals surface area contributed by atoms with E-state index in [4.69, 9.17) is 4.74 Å². The molecule has 1 aromatic rings. The van der Waals surface area contributed by atoms with E-state index in [0.29, 0.717) is 11.7 Å². The Morgan fingerprint density at radius 3 is 2.65 bits per heavy atom. The Bertz CT molecular complexity index is 322. The van der Waals surface area contributed by atoms with Crippen molar-refractivity contribution in [2.75, 3.05) is 38.6 Å². The van der Waals surface area contributed by atoms with Crippen LogP contribution in [0.3, 0.4) is 0 Å². The summed E-state index contributed by atoms with van der Waals surface area (Å²) in [5, 5.41) is 3.22. The Labute approximate surface area is 102 Å². The fraction of sp³-hybridized carbons (Fsp3) is 0.667. The molecule has 1 aliphatic heterocycles. The number of rotatable bonds is 6. The molecule has 1 aliphatic rings. The van der Waals surface area contributed by atoms with E-state index < -0.39 is 0 Å². The highest BCUT2D eigenvalue weighted by Gasteiger charge is 2.09. The molecule has 0 unspecified atom stereocenters. The molecule has 0 aliphatic carbocycles. The molecule has 0 spiro atoms. The minimum atomic E-state index is 0.673. The first-order valence-corrected chi connectivity index (χ1v) is 6.21. The van der Waals surface area contributed by atoms with Crippen LogP contribution < -0.4 is 10.1 Å². The van der Waals surface area contributed by atoms with E-state index >= 15 is 0 Å². The first kappa shape index (κ1) is 12.1. The topological polar surface area (TPSA) is 50.3 Å².